The fourth-order valence-corrected chi connectivity index (χ4v) is 15.1. The molecule has 3 N–H and O–H groups in total. The molecular formula is C74H103O26P3. The summed E-state index contributed by atoms with van der Waals surface area (Å²) in [5.41, 5.74) is 4.21. The molecule has 4 aliphatic heterocycles. The van der Waals surface area contributed by atoms with E-state index in [1.807, 2.05) is 187 Å². The fourth-order valence-electron chi connectivity index (χ4n) is 12.0. The van der Waals surface area contributed by atoms with Crippen LogP contribution in [0.4, 0.5) is 0 Å². The smallest absolute Gasteiger partial charge is 0.475 e. The van der Waals surface area contributed by atoms with Crippen molar-refractivity contribution in [1.82, 2.24) is 0 Å². The number of benzene rings is 5. The van der Waals surface area contributed by atoms with Gasteiger partial charge in [-0.3, -0.25) is 37.1 Å². The number of rotatable bonds is 32. The summed E-state index contributed by atoms with van der Waals surface area (Å²) in [5, 5.41) is 32.4. The van der Waals surface area contributed by atoms with Gasteiger partial charge in [-0.1, -0.05) is 175 Å². The molecule has 5 aromatic rings. The molecule has 570 valence electrons. The zero-order valence-corrected chi connectivity index (χ0v) is 63.7. The van der Waals surface area contributed by atoms with E-state index in [1.54, 1.807) is 21.0 Å². The molecule has 4 heterocycles. The van der Waals surface area contributed by atoms with Crippen molar-refractivity contribution >= 4 is 40.9 Å². The third kappa shape index (κ3) is 26.7. The molecule has 0 amide bonds. The summed E-state index contributed by atoms with van der Waals surface area (Å²) in [5.74, 6) is -2.26. The van der Waals surface area contributed by atoms with Gasteiger partial charge in [0, 0.05) is 57.8 Å². The maximum atomic E-state index is 13.6. The highest BCUT2D eigenvalue weighted by atomic mass is 31.2. The Bertz CT molecular complexity index is 3480. The molecule has 26 nitrogen and oxygen atoms in total. The first kappa shape index (κ1) is 84.6. The number of carbonyl (C=O) groups is 3. The summed E-state index contributed by atoms with van der Waals surface area (Å²) < 4.78 is 135. The van der Waals surface area contributed by atoms with Crippen molar-refractivity contribution in [3.05, 3.63) is 173 Å². The maximum absolute atomic E-state index is 13.6. The van der Waals surface area contributed by atoms with Crippen LogP contribution in [0, 0.1) is 35.5 Å². The minimum atomic E-state index is -4.18. The quantitative estimate of drug-likeness (QED) is 0.0205. The first-order valence-corrected chi connectivity index (χ1v) is 39.7. The number of phosphoric acid groups is 1. The number of methoxy groups -OCH3 is 1. The van der Waals surface area contributed by atoms with Gasteiger partial charge in [0.2, 0.25) is 6.29 Å². The zero-order valence-electron chi connectivity index (χ0n) is 61.0. The summed E-state index contributed by atoms with van der Waals surface area (Å²) in [6.45, 7) is 22.1. The van der Waals surface area contributed by atoms with Gasteiger partial charge >= 0.3 is 40.9 Å². The monoisotopic (exact) mass is 1500 g/mol. The van der Waals surface area contributed by atoms with Crippen molar-refractivity contribution in [2.75, 3.05) is 40.3 Å². The van der Waals surface area contributed by atoms with Gasteiger partial charge in [-0.15, -0.1) is 0 Å². The highest BCUT2D eigenvalue weighted by Gasteiger charge is 2.59. The SMILES string of the molecule is CC(=O)OC1C(O)OC([C@H](C)COP(C)(=O)OCc2ccccc2)[C@@H](C)[C@@H]1C.CC(=O)OC1[C@@H](OC(C)=O)OC([C@H](C)COP(C)(=O)OCc2ccccc2)[C@@H](C)[C@@H]1C.COc1ccc(CO[C@H]2O[C@H]([C@H](O)[C@H](O)COP(=O)(OCc3ccccc3)OCc3ccccc3)[C@H]3OC(C)(C)OC23)cc1. The molecule has 0 saturated carbocycles. The lowest BCUT2D eigenvalue weighted by molar-refractivity contribution is -0.274. The predicted octanol–water partition coefficient (Wildman–Crippen LogP) is 12.5. The Morgan fingerprint density at radius 1 is 0.466 bits per heavy atom. The Labute approximate surface area is 604 Å². The Balaban J connectivity index is 0.000000224. The van der Waals surface area contributed by atoms with Crippen molar-refractivity contribution in [3.63, 3.8) is 0 Å². The van der Waals surface area contributed by atoms with Crippen LogP contribution in [0.1, 0.15) is 104 Å². The van der Waals surface area contributed by atoms with Crippen molar-refractivity contribution in [1.29, 1.82) is 0 Å². The van der Waals surface area contributed by atoms with Crippen molar-refractivity contribution in [3.8, 4) is 5.75 Å². The maximum Gasteiger partial charge on any atom is 0.475 e. The standard InChI is InChI=1S/C32H39O11P.C22H33O8P.C20H31O7P/c1-32(2)42-29-28(41-31(30(29)43-32)37-18-24-14-16-25(36-3)17-15-24)27(34)26(33)21-40-44(35,38-19-22-10-6-4-7-11-22)39-20-23-12-8-5-9-13-23;1-14(12-26-31(6,25)27-13-19-10-8-7-9-11-19)20-15(2)16(3)21(28-17(4)23)22(30-20)29-18(5)24;1-13(11-24-28(5,23)25-12-17-9-7-6-8-10-17)18-14(2)15(3)19(20(22)27-18)26-16(4)21/h4-17,26-31,33-34H,18-21H2,1-3H3;7-11,14-16,20-22H,12-13H2,1-6H3;6-10,13-15,18-20,22H,11-12H2,1-5H3/t26-,27-,28-,29-,30?,31+;14-,15+,16+,20?,21?,22+,31?;13-,14+,15+,18?,19?,20?,28?/m111/s1. The Morgan fingerprint density at radius 2 is 0.854 bits per heavy atom. The van der Waals surface area contributed by atoms with Gasteiger partial charge in [-0.05, 0) is 65.6 Å². The highest BCUT2D eigenvalue weighted by Crippen LogP contribution is 2.52. The molecule has 0 aromatic heterocycles. The summed E-state index contributed by atoms with van der Waals surface area (Å²) >= 11 is 0. The largest absolute Gasteiger partial charge is 0.497 e. The number of carbonyl (C=O) groups excluding carboxylic acids is 3. The normalized spacial score (nSPS) is 27.4. The summed E-state index contributed by atoms with van der Waals surface area (Å²) in [6.07, 6.45) is -10.7. The highest BCUT2D eigenvalue weighted by molar-refractivity contribution is 7.53. The van der Waals surface area contributed by atoms with Gasteiger partial charge in [0.1, 0.15) is 36.3 Å². The van der Waals surface area contributed by atoms with E-state index < -0.39 is 115 Å². The molecule has 4 fully saturated rings. The average Bonchev–Trinajstić information content (AvgIpc) is 1.63. The van der Waals surface area contributed by atoms with Gasteiger partial charge in [0.25, 0.3) is 0 Å². The van der Waals surface area contributed by atoms with E-state index in [9.17, 15) is 43.4 Å². The van der Waals surface area contributed by atoms with Gasteiger partial charge in [0.05, 0.1) is 72.2 Å². The summed E-state index contributed by atoms with van der Waals surface area (Å²) in [6, 6.07) is 44.5. The van der Waals surface area contributed by atoms with Gasteiger partial charge in [-0.2, -0.15) is 0 Å². The number of aliphatic hydroxyl groups is 3. The number of aliphatic hydroxyl groups excluding tert-OH is 3. The van der Waals surface area contributed by atoms with E-state index in [1.165, 1.54) is 34.1 Å². The first-order valence-electron chi connectivity index (χ1n) is 34.3. The van der Waals surface area contributed by atoms with Crippen molar-refractivity contribution < 1.29 is 122 Å². The Morgan fingerprint density at radius 3 is 1.29 bits per heavy atom. The molecule has 0 spiro atoms. The summed E-state index contributed by atoms with van der Waals surface area (Å²) in [4.78, 5) is 34.3. The van der Waals surface area contributed by atoms with Crippen LogP contribution in [0.25, 0.3) is 0 Å². The van der Waals surface area contributed by atoms with Crippen LogP contribution in [0.3, 0.4) is 0 Å². The molecule has 103 heavy (non-hydrogen) atoms. The van der Waals surface area contributed by atoms with Crippen molar-refractivity contribution in [2.45, 2.75) is 189 Å². The van der Waals surface area contributed by atoms with Gasteiger partial charge < -0.3 is 80.8 Å². The van der Waals surface area contributed by atoms with E-state index in [0.29, 0.717) is 0 Å². The van der Waals surface area contributed by atoms with E-state index in [4.69, 9.17) is 79.0 Å². The fraction of sp³-hybridized carbons (Fsp3) is 0.554. The molecule has 4 saturated heterocycles. The molecule has 29 heteroatoms. The van der Waals surface area contributed by atoms with E-state index >= 15 is 0 Å². The molecule has 20 atom stereocenters. The van der Waals surface area contributed by atoms with Gasteiger partial charge in [-0.25, -0.2) is 4.57 Å². The second-order valence-electron chi connectivity index (χ2n) is 26.8. The topological polar surface area (TPSA) is 320 Å². The number of phosphoric ester groups is 1. The average molecular weight is 1500 g/mol. The first-order chi connectivity index (χ1) is 48.7. The Kier molecular flexibility index (Phi) is 32.7. The number of esters is 3. The second kappa shape index (κ2) is 39.8. The second-order valence-corrected chi connectivity index (χ2v) is 32.6. The summed E-state index contributed by atoms with van der Waals surface area (Å²) in [7, 11) is -9.10. The lowest BCUT2D eigenvalue weighted by Gasteiger charge is -2.45. The number of hydrogen-bond donors (Lipinski definition) is 3. The number of ether oxygens (including phenoxy) is 10. The van der Waals surface area contributed by atoms with E-state index in [0.717, 1.165) is 33.6 Å². The van der Waals surface area contributed by atoms with E-state index in [2.05, 4.69) is 0 Å². The van der Waals surface area contributed by atoms with Crippen LogP contribution >= 0.6 is 23.0 Å². The van der Waals surface area contributed by atoms with Crippen LogP contribution in [0.15, 0.2) is 146 Å². The van der Waals surface area contributed by atoms with Crippen LogP contribution in [0.2, 0.25) is 0 Å². The van der Waals surface area contributed by atoms with Crippen LogP contribution < -0.4 is 4.74 Å². The van der Waals surface area contributed by atoms with Gasteiger partial charge in [0.15, 0.2) is 30.6 Å². The molecule has 0 bridgehead atoms. The van der Waals surface area contributed by atoms with E-state index in [-0.39, 0.29) is 94.0 Å². The molecular weight excluding hydrogens is 1400 g/mol. The predicted molar refractivity (Wildman–Crippen MR) is 377 cm³/mol. The minimum Gasteiger partial charge on any atom is -0.497 e. The van der Waals surface area contributed by atoms with Crippen LogP contribution in [0.5, 0.6) is 5.75 Å². The Hall–Kier alpha value is -5.64. The molecule has 9 rings (SSSR count). The third-order valence-corrected chi connectivity index (χ3v) is 21.6. The zero-order chi connectivity index (χ0) is 75.2. The molecule has 0 radical (unpaired) electrons. The lowest BCUT2D eigenvalue weighted by atomic mass is 9.79. The number of fused-ring (bicyclic) bond motifs is 1. The van der Waals surface area contributed by atoms with Crippen molar-refractivity contribution in [2.24, 2.45) is 35.5 Å². The number of hydrogen-bond acceptors (Lipinski definition) is 26. The molecule has 0 aliphatic carbocycles. The van der Waals surface area contributed by atoms with Crippen LogP contribution in [-0.4, -0.2) is 153 Å². The lowest BCUT2D eigenvalue weighted by Crippen LogP contribution is -2.54. The molecule has 5 aromatic carbocycles. The molecule has 8 unspecified atom stereocenters. The molecule has 4 aliphatic rings. The minimum absolute atomic E-state index is 0.00725. The van der Waals surface area contributed by atoms with Crippen LogP contribution in [-0.2, 0) is 135 Å². The third-order valence-electron chi connectivity index (χ3n) is 17.9.